The molecule has 96 valence electrons. The highest BCUT2D eigenvalue weighted by Crippen LogP contribution is 2.32. The minimum atomic E-state index is 0.255. The molecule has 1 aromatic carbocycles. The first kappa shape index (κ1) is 13.6. The summed E-state index contributed by atoms with van der Waals surface area (Å²) in [5, 5.41) is 13.9. The standard InChI is InChI=1S/C13H16BrN3S/c1-4-15-9(3)12-16-17-13(18-12)10-6-5-8(2)7-11(10)14/h5-7,9,15H,4H2,1-3H3. The van der Waals surface area contributed by atoms with Crippen LogP contribution in [0.25, 0.3) is 10.6 Å². The highest BCUT2D eigenvalue weighted by Gasteiger charge is 2.13. The van der Waals surface area contributed by atoms with Crippen molar-refractivity contribution in [1.82, 2.24) is 15.5 Å². The van der Waals surface area contributed by atoms with Crippen LogP contribution >= 0.6 is 27.3 Å². The Hall–Kier alpha value is -0.780. The zero-order chi connectivity index (χ0) is 13.1. The molecule has 1 heterocycles. The van der Waals surface area contributed by atoms with Gasteiger partial charge in [0.05, 0.1) is 6.04 Å². The molecule has 0 fully saturated rings. The predicted octanol–water partition coefficient (Wildman–Crippen LogP) is 3.95. The van der Waals surface area contributed by atoms with Crippen molar-refractivity contribution in [2.24, 2.45) is 0 Å². The molecule has 3 nitrogen and oxygen atoms in total. The van der Waals surface area contributed by atoms with Gasteiger partial charge in [0.1, 0.15) is 10.0 Å². The molecule has 0 radical (unpaired) electrons. The Labute approximate surface area is 120 Å². The van der Waals surface area contributed by atoms with Gasteiger partial charge in [-0.15, -0.1) is 10.2 Å². The summed E-state index contributed by atoms with van der Waals surface area (Å²) in [6.45, 7) is 7.21. The lowest BCUT2D eigenvalue weighted by molar-refractivity contribution is 0.590. The van der Waals surface area contributed by atoms with Crippen LogP contribution < -0.4 is 5.32 Å². The van der Waals surface area contributed by atoms with Gasteiger partial charge in [0, 0.05) is 10.0 Å². The first-order valence-electron chi connectivity index (χ1n) is 5.95. The van der Waals surface area contributed by atoms with Crippen LogP contribution in [-0.2, 0) is 0 Å². The molecule has 1 N–H and O–H groups in total. The highest BCUT2D eigenvalue weighted by molar-refractivity contribution is 9.10. The summed E-state index contributed by atoms with van der Waals surface area (Å²) in [5.41, 5.74) is 2.34. The summed E-state index contributed by atoms with van der Waals surface area (Å²) in [7, 11) is 0. The molecule has 1 aromatic heterocycles. The number of rotatable bonds is 4. The molecule has 0 saturated heterocycles. The van der Waals surface area contributed by atoms with E-state index in [0.717, 1.165) is 26.6 Å². The number of hydrogen-bond acceptors (Lipinski definition) is 4. The lowest BCUT2D eigenvalue weighted by atomic mass is 10.2. The van der Waals surface area contributed by atoms with Gasteiger partial charge in [-0.2, -0.15) is 0 Å². The minimum absolute atomic E-state index is 0.255. The van der Waals surface area contributed by atoms with Crippen molar-refractivity contribution >= 4 is 27.3 Å². The molecule has 0 aliphatic heterocycles. The average Bonchev–Trinajstić information content (AvgIpc) is 2.78. The molecule has 0 amide bonds. The van der Waals surface area contributed by atoms with Gasteiger partial charge in [0.25, 0.3) is 0 Å². The topological polar surface area (TPSA) is 37.8 Å². The lowest BCUT2D eigenvalue weighted by Crippen LogP contribution is -2.17. The molecule has 1 atom stereocenters. The molecule has 0 aliphatic carbocycles. The Kier molecular flexibility index (Phi) is 4.48. The molecule has 18 heavy (non-hydrogen) atoms. The molecule has 0 bridgehead atoms. The van der Waals surface area contributed by atoms with Crippen LogP contribution in [0.5, 0.6) is 0 Å². The monoisotopic (exact) mass is 325 g/mol. The number of aromatic nitrogens is 2. The second kappa shape index (κ2) is 5.91. The number of nitrogens with one attached hydrogen (secondary N) is 1. The fourth-order valence-corrected chi connectivity index (χ4v) is 3.43. The van der Waals surface area contributed by atoms with E-state index in [0.29, 0.717) is 0 Å². The first-order valence-corrected chi connectivity index (χ1v) is 7.56. The predicted molar refractivity (Wildman–Crippen MR) is 79.9 cm³/mol. The number of nitrogens with zero attached hydrogens (tertiary/aromatic N) is 2. The molecule has 2 aromatic rings. The molecule has 0 saturated carbocycles. The van der Waals surface area contributed by atoms with E-state index in [4.69, 9.17) is 0 Å². The molecule has 1 unspecified atom stereocenters. The Bertz CT molecular complexity index is 539. The van der Waals surface area contributed by atoms with Gasteiger partial charge in [-0.3, -0.25) is 0 Å². The van der Waals surface area contributed by atoms with Crippen molar-refractivity contribution in [2.45, 2.75) is 26.8 Å². The SMILES string of the molecule is CCNC(C)c1nnc(-c2ccc(C)cc2Br)s1. The zero-order valence-corrected chi connectivity index (χ0v) is 13.1. The van der Waals surface area contributed by atoms with Gasteiger partial charge >= 0.3 is 0 Å². The number of halogens is 1. The molecular formula is C13H16BrN3S. The quantitative estimate of drug-likeness (QED) is 0.924. The minimum Gasteiger partial charge on any atom is -0.308 e. The maximum absolute atomic E-state index is 4.28. The maximum Gasteiger partial charge on any atom is 0.148 e. The van der Waals surface area contributed by atoms with Crippen molar-refractivity contribution in [1.29, 1.82) is 0 Å². The van der Waals surface area contributed by atoms with Crippen molar-refractivity contribution in [3.05, 3.63) is 33.2 Å². The fraction of sp³-hybridized carbons (Fsp3) is 0.385. The van der Waals surface area contributed by atoms with Crippen LogP contribution in [0, 0.1) is 6.92 Å². The summed E-state index contributed by atoms with van der Waals surface area (Å²) < 4.78 is 1.07. The van der Waals surface area contributed by atoms with E-state index < -0.39 is 0 Å². The normalized spacial score (nSPS) is 12.7. The number of aryl methyl sites for hydroxylation is 1. The largest absolute Gasteiger partial charge is 0.308 e. The van der Waals surface area contributed by atoms with Crippen LogP contribution in [0.4, 0.5) is 0 Å². The summed E-state index contributed by atoms with van der Waals surface area (Å²) in [5.74, 6) is 0. The van der Waals surface area contributed by atoms with Crippen molar-refractivity contribution in [3.63, 3.8) is 0 Å². The van der Waals surface area contributed by atoms with Crippen molar-refractivity contribution in [3.8, 4) is 10.6 Å². The van der Waals surface area contributed by atoms with Crippen molar-refractivity contribution in [2.75, 3.05) is 6.54 Å². The maximum atomic E-state index is 4.28. The second-order valence-corrected chi connectivity index (χ2v) is 6.07. The molecular weight excluding hydrogens is 310 g/mol. The molecule has 0 aliphatic rings. The Balaban J connectivity index is 2.29. The Morgan fingerprint density at radius 1 is 1.39 bits per heavy atom. The summed E-state index contributed by atoms with van der Waals surface area (Å²) in [4.78, 5) is 0. The third kappa shape index (κ3) is 2.96. The number of hydrogen-bond donors (Lipinski definition) is 1. The highest BCUT2D eigenvalue weighted by atomic mass is 79.9. The van der Waals surface area contributed by atoms with Gasteiger partial charge < -0.3 is 5.32 Å². The van der Waals surface area contributed by atoms with E-state index in [1.165, 1.54) is 5.56 Å². The number of benzene rings is 1. The summed E-state index contributed by atoms with van der Waals surface area (Å²) in [6.07, 6.45) is 0. The fourth-order valence-electron chi connectivity index (χ4n) is 1.71. The van der Waals surface area contributed by atoms with E-state index >= 15 is 0 Å². The van der Waals surface area contributed by atoms with Crippen molar-refractivity contribution < 1.29 is 0 Å². The van der Waals surface area contributed by atoms with E-state index in [1.54, 1.807) is 11.3 Å². The summed E-state index contributed by atoms with van der Waals surface area (Å²) in [6, 6.07) is 6.53. The second-order valence-electron chi connectivity index (χ2n) is 4.21. The van der Waals surface area contributed by atoms with Gasteiger partial charge in [-0.25, -0.2) is 0 Å². The average molecular weight is 326 g/mol. The smallest absolute Gasteiger partial charge is 0.148 e. The summed E-state index contributed by atoms with van der Waals surface area (Å²) >= 11 is 5.22. The van der Waals surface area contributed by atoms with Crippen LogP contribution in [0.2, 0.25) is 0 Å². The zero-order valence-electron chi connectivity index (χ0n) is 10.7. The van der Waals surface area contributed by atoms with E-state index in [-0.39, 0.29) is 6.04 Å². The van der Waals surface area contributed by atoms with Gasteiger partial charge in [0.15, 0.2) is 0 Å². The Morgan fingerprint density at radius 3 is 2.83 bits per heavy atom. The van der Waals surface area contributed by atoms with Crippen LogP contribution in [-0.4, -0.2) is 16.7 Å². The van der Waals surface area contributed by atoms with E-state index in [9.17, 15) is 0 Å². The Morgan fingerprint density at radius 2 is 2.17 bits per heavy atom. The van der Waals surface area contributed by atoms with E-state index in [1.807, 2.05) is 0 Å². The van der Waals surface area contributed by atoms with Gasteiger partial charge in [0.2, 0.25) is 0 Å². The molecule has 5 heteroatoms. The van der Waals surface area contributed by atoms with Crippen LogP contribution in [0.15, 0.2) is 22.7 Å². The van der Waals surface area contributed by atoms with Gasteiger partial charge in [-0.1, -0.05) is 46.3 Å². The molecule has 2 rings (SSSR count). The lowest BCUT2D eigenvalue weighted by Gasteiger charge is -2.06. The third-order valence-electron chi connectivity index (χ3n) is 2.68. The van der Waals surface area contributed by atoms with Crippen LogP contribution in [0.1, 0.15) is 30.5 Å². The van der Waals surface area contributed by atoms with Crippen LogP contribution in [0.3, 0.4) is 0 Å². The van der Waals surface area contributed by atoms with Gasteiger partial charge in [-0.05, 0) is 32.0 Å². The van der Waals surface area contributed by atoms with E-state index in [2.05, 4.69) is 70.4 Å². The molecule has 0 spiro atoms. The first-order chi connectivity index (χ1) is 8.61. The third-order valence-corrected chi connectivity index (χ3v) is 4.47.